The molecule has 1 heterocycles. The zero-order valence-electron chi connectivity index (χ0n) is 11.5. The molecule has 2 rings (SSSR count). The second-order valence-electron chi connectivity index (χ2n) is 4.74. The van der Waals surface area contributed by atoms with Crippen molar-refractivity contribution in [2.75, 3.05) is 5.32 Å². The van der Waals surface area contributed by atoms with Crippen molar-refractivity contribution >= 4 is 11.7 Å². The van der Waals surface area contributed by atoms with Gasteiger partial charge in [0.2, 0.25) is 5.89 Å². The summed E-state index contributed by atoms with van der Waals surface area (Å²) in [6.45, 7) is 4.40. The highest BCUT2D eigenvalue weighted by atomic mass is 19.4. The molecule has 5 nitrogen and oxygen atoms in total. The summed E-state index contributed by atoms with van der Waals surface area (Å²) in [5.74, 6) is 0.401. The summed E-state index contributed by atoms with van der Waals surface area (Å²) in [6, 6.07) is 5.00. The van der Waals surface area contributed by atoms with Crippen molar-refractivity contribution in [3.05, 3.63) is 35.7 Å². The Morgan fingerprint density at radius 3 is 2.38 bits per heavy atom. The van der Waals surface area contributed by atoms with Crippen LogP contribution in [0.15, 0.2) is 28.7 Å². The van der Waals surface area contributed by atoms with Crippen LogP contribution in [0.2, 0.25) is 0 Å². The summed E-state index contributed by atoms with van der Waals surface area (Å²) in [7, 11) is 0. The standard InChI is InChI=1S/C13H15F3N4O/c1-8(2)17-7-11-19-20-12(21-11)18-10-5-3-9(4-6-10)13(14,15)16/h3-6,8,17H,7H2,1-2H3,(H,18,20). The fraction of sp³-hybridized carbons (Fsp3) is 0.385. The van der Waals surface area contributed by atoms with Crippen LogP contribution in [0.4, 0.5) is 24.9 Å². The smallest absolute Gasteiger partial charge is 0.406 e. The van der Waals surface area contributed by atoms with Crippen LogP contribution in [-0.2, 0) is 12.7 Å². The zero-order chi connectivity index (χ0) is 15.5. The van der Waals surface area contributed by atoms with Gasteiger partial charge < -0.3 is 15.1 Å². The van der Waals surface area contributed by atoms with E-state index in [2.05, 4.69) is 20.8 Å². The van der Waals surface area contributed by atoms with Crippen LogP contribution in [0.1, 0.15) is 25.3 Å². The van der Waals surface area contributed by atoms with Crippen LogP contribution in [-0.4, -0.2) is 16.2 Å². The molecular weight excluding hydrogens is 285 g/mol. The lowest BCUT2D eigenvalue weighted by atomic mass is 10.2. The highest BCUT2D eigenvalue weighted by molar-refractivity contribution is 5.52. The number of hydrogen-bond acceptors (Lipinski definition) is 5. The molecule has 2 aromatic rings. The van der Waals surface area contributed by atoms with Gasteiger partial charge in [0.15, 0.2) is 0 Å². The predicted octanol–water partition coefficient (Wildman–Crippen LogP) is 3.33. The summed E-state index contributed by atoms with van der Waals surface area (Å²) in [6.07, 6.45) is -4.35. The molecule has 0 amide bonds. The van der Waals surface area contributed by atoms with Crippen LogP contribution in [0, 0.1) is 0 Å². The number of halogens is 3. The van der Waals surface area contributed by atoms with Gasteiger partial charge in [0, 0.05) is 11.7 Å². The van der Waals surface area contributed by atoms with Gasteiger partial charge in [0.1, 0.15) is 0 Å². The third-order valence-corrected chi connectivity index (χ3v) is 2.59. The first-order valence-corrected chi connectivity index (χ1v) is 6.34. The molecule has 8 heteroatoms. The second kappa shape index (κ2) is 6.13. The van der Waals surface area contributed by atoms with E-state index in [9.17, 15) is 13.2 Å². The molecule has 114 valence electrons. The number of benzene rings is 1. The molecular formula is C13H15F3N4O. The van der Waals surface area contributed by atoms with E-state index in [0.29, 0.717) is 18.1 Å². The average molecular weight is 300 g/mol. The van der Waals surface area contributed by atoms with Crippen LogP contribution < -0.4 is 10.6 Å². The molecule has 1 aromatic carbocycles. The Balaban J connectivity index is 1.98. The highest BCUT2D eigenvalue weighted by Crippen LogP contribution is 2.30. The maximum absolute atomic E-state index is 12.4. The minimum absolute atomic E-state index is 0.135. The lowest BCUT2D eigenvalue weighted by Crippen LogP contribution is -2.21. The van der Waals surface area contributed by atoms with Gasteiger partial charge in [0.05, 0.1) is 12.1 Å². The Kier molecular flexibility index (Phi) is 4.46. The Morgan fingerprint density at radius 2 is 1.81 bits per heavy atom. The van der Waals surface area contributed by atoms with Crippen molar-refractivity contribution in [2.45, 2.75) is 32.6 Å². The molecule has 0 aliphatic heterocycles. The first-order valence-electron chi connectivity index (χ1n) is 6.34. The van der Waals surface area contributed by atoms with Crippen molar-refractivity contribution in [1.82, 2.24) is 15.5 Å². The Hall–Kier alpha value is -2.09. The average Bonchev–Trinajstić information content (AvgIpc) is 2.83. The number of rotatable bonds is 5. The van der Waals surface area contributed by atoms with Gasteiger partial charge in [-0.25, -0.2) is 0 Å². The lowest BCUT2D eigenvalue weighted by molar-refractivity contribution is -0.137. The van der Waals surface area contributed by atoms with Gasteiger partial charge in [0.25, 0.3) is 0 Å². The van der Waals surface area contributed by atoms with Crippen LogP contribution in [0.5, 0.6) is 0 Å². The second-order valence-corrected chi connectivity index (χ2v) is 4.74. The van der Waals surface area contributed by atoms with Gasteiger partial charge in [-0.3, -0.25) is 0 Å². The van der Waals surface area contributed by atoms with Gasteiger partial charge in [-0.15, -0.1) is 5.10 Å². The number of hydrogen-bond donors (Lipinski definition) is 2. The van der Waals surface area contributed by atoms with Crippen molar-refractivity contribution in [1.29, 1.82) is 0 Å². The van der Waals surface area contributed by atoms with Crippen LogP contribution in [0.25, 0.3) is 0 Å². The first-order chi connectivity index (χ1) is 9.84. The molecule has 21 heavy (non-hydrogen) atoms. The third-order valence-electron chi connectivity index (χ3n) is 2.59. The summed E-state index contributed by atoms with van der Waals surface area (Å²) in [5, 5.41) is 13.5. The Morgan fingerprint density at radius 1 is 1.14 bits per heavy atom. The topological polar surface area (TPSA) is 63.0 Å². The van der Waals surface area contributed by atoms with Gasteiger partial charge >= 0.3 is 12.2 Å². The van der Waals surface area contributed by atoms with Crippen molar-refractivity contribution in [3.8, 4) is 0 Å². The Bertz CT molecular complexity index is 578. The van der Waals surface area contributed by atoms with E-state index in [1.54, 1.807) is 0 Å². The zero-order valence-corrected chi connectivity index (χ0v) is 11.5. The summed E-state index contributed by atoms with van der Waals surface area (Å²) in [4.78, 5) is 0. The monoisotopic (exact) mass is 300 g/mol. The molecule has 0 fully saturated rings. The summed E-state index contributed by atoms with van der Waals surface area (Å²) < 4.78 is 42.6. The van der Waals surface area contributed by atoms with E-state index in [1.165, 1.54) is 12.1 Å². The van der Waals surface area contributed by atoms with Crippen molar-refractivity contribution in [3.63, 3.8) is 0 Å². The minimum Gasteiger partial charge on any atom is -0.406 e. The minimum atomic E-state index is -4.35. The van der Waals surface area contributed by atoms with Gasteiger partial charge in [-0.2, -0.15) is 13.2 Å². The lowest BCUT2D eigenvalue weighted by Gasteiger charge is -2.07. The molecule has 0 aliphatic rings. The fourth-order valence-corrected chi connectivity index (χ4v) is 1.53. The van der Waals surface area contributed by atoms with Crippen LogP contribution in [0.3, 0.4) is 0 Å². The molecule has 0 bridgehead atoms. The van der Waals surface area contributed by atoms with E-state index in [4.69, 9.17) is 4.42 Å². The first kappa shape index (κ1) is 15.3. The fourth-order valence-electron chi connectivity index (χ4n) is 1.53. The Labute approximate surface area is 119 Å². The SMILES string of the molecule is CC(C)NCc1nnc(Nc2ccc(C(F)(F)F)cc2)o1. The molecule has 0 saturated carbocycles. The molecule has 1 aromatic heterocycles. The molecule has 0 spiro atoms. The normalized spacial score (nSPS) is 11.9. The molecule has 2 N–H and O–H groups in total. The molecule has 0 radical (unpaired) electrons. The highest BCUT2D eigenvalue weighted by Gasteiger charge is 2.29. The summed E-state index contributed by atoms with van der Waals surface area (Å²) >= 11 is 0. The van der Waals surface area contributed by atoms with Crippen molar-refractivity contribution in [2.24, 2.45) is 0 Å². The van der Waals surface area contributed by atoms with E-state index >= 15 is 0 Å². The molecule has 0 unspecified atom stereocenters. The number of nitrogens with zero attached hydrogens (tertiary/aromatic N) is 2. The van der Waals surface area contributed by atoms with E-state index in [1.807, 2.05) is 13.8 Å². The number of alkyl halides is 3. The molecule has 0 saturated heterocycles. The maximum atomic E-state index is 12.4. The summed E-state index contributed by atoms with van der Waals surface area (Å²) in [5.41, 5.74) is -0.268. The van der Waals surface area contributed by atoms with Crippen molar-refractivity contribution < 1.29 is 17.6 Å². The molecule has 0 atom stereocenters. The number of aromatic nitrogens is 2. The van der Waals surface area contributed by atoms with E-state index < -0.39 is 11.7 Å². The van der Waals surface area contributed by atoms with Crippen LogP contribution >= 0.6 is 0 Å². The maximum Gasteiger partial charge on any atom is 0.416 e. The van der Waals surface area contributed by atoms with E-state index in [-0.39, 0.29) is 12.1 Å². The van der Waals surface area contributed by atoms with Gasteiger partial charge in [-0.1, -0.05) is 18.9 Å². The quantitative estimate of drug-likeness (QED) is 0.887. The third kappa shape index (κ3) is 4.45. The van der Waals surface area contributed by atoms with E-state index in [0.717, 1.165) is 12.1 Å². The van der Waals surface area contributed by atoms with Gasteiger partial charge in [-0.05, 0) is 24.3 Å². The molecule has 0 aliphatic carbocycles. The number of nitrogens with one attached hydrogen (secondary N) is 2. The number of anilines is 2. The predicted molar refractivity (Wildman–Crippen MR) is 71.0 cm³/mol. The largest absolute Gasteiger partial charge is 0.416 e.